The summed E-state index contributed by atoms with van der Waals surface area (Å²) in [7, 11) is 2.16. The average Bonchev–Trinajstić information content (AvgIpc) is 3.22. The summed E-state index contributed by atoms with van der Waals surface area (Å²) in [5, 5.41) is 8.93. The molecule has 0 spiro atoms. The minimum atomic E-state index is 0.345. The molecule has 1 aromatic heterocycles. The lowest BCUT2D eigenvalue weighted by molar-refractivity contribution is -0.132. The summed E-state index contributed by atoms with van der Waals surface area (Å²) in [5.41, 5.74) is 0. The largest absolute Gasteiger partial charge is 0.353 e. The highest BCUT2D eigenvalue weighted by molar-refractivity contribution is 5.76. The highest BCUT2D eigenvalue weighted by Crippen LogP contribution is 2.28. The van der Waals surface area contributed by atoms with Gasteiger partial charge in [0.15, 0.2) is 11.6 Å². The fourth-order valence-corrected chi connectivity index (χ4v) is 4.47. The van der Waals surface area contributed by atoms with E-state index in [2.05, 4.69) is 44.1 Å². The molecule has 0 atom stereocenters. The maximum absolute atomic E-state index is 12.5. The van der Waals surface area contributed by atoms with Gasteiger partial charge in [-0.2, -0.15) is 0 Å². The molecule has 3 aliphatic rings. The topological polar surface area (TPSA) is 55.8 Å². The van der Waals surface area contributed by atoms with E-state index in [0.717, 1.165) is 70.4 Å². The summed E-state index contributed by atoms with van der Waals surface area (Å²) >= 11 is 0. The number of amides is 1. The Balaban J connectivity index is 1.27. The maximum Gasteiger partial charge on any atom is 0.222 e. The molecule has 1 saturated carbocycles. The smallest absolute Gasteiger partial charge is 0.222 e. The van der Waals surface area contributed by atoms with E-state index in [9.17, 15) is 4.79 Å². The number of nitrogens with zero attached hydrogens (tertiary/aromatic N) is 6. The van der Waals surface area contributed by atoms with Crippen molar-refractivity contribution in [3.05, 3.63) is 12.1 Å². The maximum atomic E-state index is 12.5. The Kier molecular flexibility index (Phi) is 5.76. The lowest BCUT2D eigenvalue weighted by Crippen LogP contribution is -2.49. The summed E-state index contributed by atoms with van der Waals surface area (Å²) in [6.45, 7) is 7.44. The Morgan fingerprint density at radius 3 is 1.93 bits per heavy atom. The minimum absolute atomic E-state index is 0.345. The van der Waals surface area contributed by atoms with Crippen LogP contribution in [0.2, 0.25) is 0 Å². The molecule has 1 aromatic rings. The number of carbonyl (C=O) groups is 1. The number of carbonyl (C=O) groups excluding carboxylic acids is 1. The molecule has 0 unspecified atom stereocenters. The van der Waals surface area contributed by atoms with Crippen LogP contribution in [-0.4, -0.2) is 85.3 Å². The van der Waals surface area contributed by atoms with Gasteiger partial charge in [-0.3, -0.25) is 4.79 Å². The molecule has 2 saturated heterocycles. The van der Waals surface area contributed by atoms with Crippen LogP contribution in [0.25, 0.3) is 0 Å². The molecular formula is C20H32N6O. The Morgan fingerprint density at radius 1 is 0.889 bits per heavy atom. The second-order valence-electron chi connectivity index (χ2n) is 8.26. The summed E-state index contributed by atoms with van der Waals surface area (Å²) in [5.74, 6) is 2.87. The van der Waals surface area contributed by atoms with Gasteiger partial charge in [0.2, 0.25) is 5.91 Å². The molecule has 7 nitrogen and oxygen atoms in total. The van der Waals surface area contributed by atoms with Gasteiger partial charge in [0.25, 0.3) is 0 Å². The van der Waals surface area contributed by atoms with Gasteiger partial charge in [-0.15, -0.1) is 10.2 Å². The lowest BCUT2D eigenvalue weighted by Gasteiger charge is -2.36. The van der Waals surface area contributed by atoms with Crippen LogP contribution in [0.5, 0.6) is 0 Å². The predicted molar refractivity (Wildman–Crippen MR) is 107 cm³/mol. The number of piperazine rings is 2. The van der Waals surface area contributed by atoms with Gasteiger partial charge >= 0.3 is 0 Å². The van der Waals surface area contributed by atoms with Gasteiger partial charge in [0, 0.05) is 58.8 Å². The Morgan fingerprint density at radius 2 is 1.41 bits per heavy atom. The number of likely N-dealkylation sites (N-methyl/N-ethyl adjacent to an activating group) is 1. The Hall–Kier alpha value is -1.89. The van der Waals surface area contributed by atoms with Crippen molar-refractivity contribution in [2.45, 2.75) is 32.1 Å². The quantitative estimate of drug-likeness (QED) is 0.798. The summed E-state index contributed by atoms with van der Waals surface area (Å²) in [4.78, 5) is 21.4. The van der Waals surface area contributed by atoms with E-state index in [1.807, 2.05) is 4.90 Å². The molecule has 1 amide bonds. The van der Waals surface area contributed by atoms with Crippen molar-refractivity contribution < 1.29 is 4.79 Å². The molecule has 0 radical (unpaired) electrons. The zero-order valence-electron chi connectivity index (χ0n) is 16.5. The highest BCUT2D eigenvalue weighted by Gasteiger charge is 2.26. The molecule has 3 heterocycles. The van der Waals surface area contributed by atoms with Crippen LogP contribution in [-0.2, 0) is 4.79 Å². The van der Waals surface area contributed by atoms with E-state index in [1.54, 1.807) is 0 Å². The van der Waals surface area contributed by atoms with Crippen LogP contribution >= 0.6 is 0 Å². The van der Waals surface area contributed by atoms with Gasteiger partial charge in [-0.1, -0.05) is 12.8 Å². The van der Waals surface area contributed by atoms with Gasteiger partial charge in [-0.25, -0.2) is 0 Å². The van der Waals surface area contributed by atoms with Crippen LogP contribution in [0.3, 0.4) is 0 Å². The second kappa shape index (κ2) is 8.42. The third-order valence-corrected chi connectivity index (χ3v) is 6.36. The summed E-state index contributed by atoms with van der Waals surface area (Å²) < 4.78 is 0. The first-order valence-corrected chi connectivity index (χ1v) is 10.5. The fraction of sp³-hybridized carbons (Fsp3) is 0.750. The first-order valence-electron chi connectivity index (χ1n) is 10.5. The number of hydrogen-bond donors (Lipinski definition) is 0. The van der Waals surface area contributed by atoms with E-state index in [1.165, 1.54) is 25.7 Å². The molecule has 0 bridgehead atoms. The van der Waals surface area contributed by atoms with Crippen molar-refractivity contribution in [2.24, 2.45) is 5.92 Å². The van der Waals surface area contributed by atoms with Gasteiger partial charge in [0.05, 0.1) is 0 Å². The van der Waals surface area contributed by atoms with Gasteiger partial charge in [0.1, 0.15) is 0 Å². The molecule has 2 aliphatic heterocycles. The van der Waals surface area contributed by atoms with Crippen molar-refractivity contribution >= 4 is 17.5 Å². The number of hydrogen-bond acceptors (Lipinski definition) is 6. The standard InChI is InChI=1S/C20H32N6O/c1-23-8-10-24(11-9-23)18-6-7-19(22-21-18)25-12-14-26(15-13-25)20(27)16-17-4-2-3-5-17/h6-7,17H,2-5,8-16H2,1H3. The monoisotopic (exact) mass is 372 g/mol. The second-order valence-corrected chi connectivity index (χ2v) is 8.26. The molecule has 0 aromatic carbocycles. The van der Waals surface area contributed by atoms with Crippen molar-refractivity contribution in [1.82, 2.24) is 20.0 Å². The minimum Gasteiger partial charge on any atom is -0.353 e. The van der Waals surface area contributed by atoms with E-state index < -0.39 is 0 Å². The molecule has 148 valence electrons. The zero-order valence-corrected chi connectivity index (χ0v) is 16.5. The van der Waals surface area contributed by atoms with E-state index >= 15 is 0 Å². The normalized spacial score (nSPS) is 22.5. The first kappa shape index (κ1) is 18.5. The number of rotatable bonds is 4. The summed E-state index contributed by atoms with van der Waals surface area (Å²) in [6.07, 6.45) is 5.82. The third kappa shape index (κ3) is 4.51. The number of anilines is 2. The third-order valence-electron chi connectivity index (χ3n) is 6.36. The Labute approximate surface area is 162 Å². The fourth-order valence-electron chi connectivity index (χ4n) is 4.47. The van der Waals surface area contributed by atoms with Crippen molar-refractivity contribution in [2.75, 3.05) is 69.2 Å². The molecule has 7 heteroatoms. The average molecular weight is 373 g/mol. The van der Waals surface area contributed by atoms with Gasteiger partial charge < -0.3 is 19.6 Å². The summed E-state index contributed by atoms with van der Waals surface area (Å²) in [6, 6.07) is 4.17. The predicted octanol–water partition coefficient (Wildman–Crippen LogP) is 1.46. The van der Waals surface area contributed by atoms with Crippen LogP contribution in [0.15, 0.2) is 12.1 Å². The van der Waals surface area contributed by atoms with Crippen LogP contribution in [0, 0.1) is 5.92 Å². The van der Waals surface area contributed by atoms with Crippen LogP contribution in [0.1, 0.15) is 32.1 Å². The van der Waals surface area contributed by atoms with Gasteiger partial charge in [-0.05, 0) is 37.9 Å². The van der Waals surface area contributed by atoms with E-state index in [0.29, 0.717) is 11.8 Å². The lowest BCUT2D eigenvalue weighted by atomic mass is 10.0. The first-order chi connectivity index (χ1) is 13.2. The highest BCUT2D eigenvalue weighted by atomic mass is 16.2. The van der Waals surface area contributed by atoms with Crippen molar-refractivity contribution in [3.8, 4) is 0 Å². The zero-order chi connectivity index (χ0) is 18.6. The SMILES string of the molecule is CN1CCN(c2ccc(N3CCN(C(=O)CC4CCCC4)CC3)nn2)CC1. The molecular weight excluding hydrogens is 340 g/mol. The molecule has 27 heavy (non-hydrogen) atoms. The molecule has 4 rings (SSSR count). The van der Waals surface area contributed by atoms with Crippen LogP contribution in [0.4, 0.5) is 11.6 Å². The Bertz CT molecular complexity index is 614. The van der Waals surface area contributed by atoms with Crippen molar-refractivity contribution in [1.29, 1.82) is 0 Å². The molecule has 1 aliphatic carbocycles. The van der Waals surface area contributed by atoms with Crippen molar-refractivity contribution in [3.63, 3.8) is 0 Å². The van der Waals surface area contributed by atoms with E-state index in [-0.39, 0.29) is 0 Å². The molecule has 0 N–H and O–H groups in total. The number of aromatic nitrogens is 2. The van der Waals surface area contributed by atoms with E-state index in [4.69, 9.17) is 0 Å². The molecule has 3 fully saturated rings. The van der Waals surface area contributed by atoms with Crippen LogP contribution < -0.4 is 9.80 Å².